The van der Waals surface area contributed by atoms with Gasteiger partial charge in [-0.05, 0) is 12.1 Å². The Morgan fingerprint density at radius 2 is 2.00 bits per heavy atom. The summed E-state index contributed by atoms with van der Waals surface area (Å²) in [6, 6.07) is 3.06. The molecule has 0 amide bonds. The molecule has 0 fully saturated rings. The van der Waals surface area contributed by atoms with Gasteiger partial charge in [-0.3, -0.25) is 0 Å². The summed E-state index contributed by atoms with van der Waals surface area (Å²) in [6.45, 7) is -1.42. The van der Waals surface area contributed by atoms with Crippen LogP contribution in [0.4, 0.5) is 23.2 Å². The van der Waals surface area contributed by atoms with Crippen LogP contribution in [0.3, 0.4) is 0 Å². The molecule has 0 aliphatic carbocycles. The van der Waals surface area contributed by atoms with Gasteiger partial charge in [0.1, 0.15) is 17.9 Å². The molecule has 0 saturated carbocycles. The van der Waals surface area contributed by atoms with E-state index in [0.717, 1.165) is 18.2 Å². The third-order valence-electron chi connectivity index (χ3n) is 1.71. The van der Waals surface area contributed by atoms with Crippen molar-refractivity contribution in [2.45, 2.75) is 6.18 Å². The molecular weight excluding hydrogens is 230 g/mol. The molecule has 7 heteroatoms. The van der Waals surface area contributed by atoms with E-state index in [4.69, 9.17) is 5.11 Å². The summed E-state index contributed by atoms with van der Waals surface area (Å²) in [4.78, 5) is 10.6. The topological polar surface area (TPSA) is 49.3 Å². The van der Waals surface area contributed by atoms with Crippen LogP contribution >= 0.6 is 0 Å². The maximum atomic E-state index is 13.0. The van der Waals surface area contributed by atoms with E-state index in [1.807, 2.05) is 5.32 Å². The molecule has 0 unspecified atom stereocenters. The minimum absolute atomic E-state index is 0.398. The van der Waals surface area contributed by atoms with Crippen molar-refractivity contribution in [1.82, 2.24) is 0 Å². The average Bonchev–Trinajstić information content (AvgIpc) is 2.12. The normalized spacial score (nSPS) is 11.2. The summed E-state index contributed by atoms with van der Waals surface area (Å²) in [5, 5.41) is 10.4. The van der Waals surface area contributed by atoms with E-state index in [1.165, 1.54) is 0 Å². The molecule has 16 heavy (non-hydrogen) atoms. The lowest BCUT2D eigenvalue weighted by atomic mass is 10.1. The summed E-state index contributed by atoms with van der Waals surface area (Å²) in [6.07, 6.45) is -4.50. The number of hydrogen-bond acceptors (Lipinski definition) is 2. The Kier molecular flexibility index (Phi) is 3.36. The van der Waals surface area contributed by atoms with Crippen molar-refractivity contribution in [3.63, 3.8) is 0 Å². The van der Waals surface area contributed by atoms with Crippen LogP contribution in [0.25, 0.3) is 0 Å². The van der Waals surface area contributed by atoms with Crippen LogP contribution in [0, 0.1) is 5.82 Å². The number of rotatable bonds is 3. The number of halogens is 4. The Morgan fingerprint density at radius 3 is 2.50 bits per heavy atom. The number of hydrogen-bond donors (Lipinski definition) is 2. The fourth-order valence-electron chi connectivity index (χ4n) is 1.08. The molecule has 0 spiro atoms. The maximum Gasteiger partial charge on any atom is 0.405 e. The summed E-state index contributed by atoms with van der Waals surface area (Å²) < 4.78 is 48.6. The van der Waals surface area contributed by atoms with Gasteiger partial charge >= 0.3 is 12.1 Å². The predicted octanol–water partition coefficient (Wildman–Crippen LogP) is 2.50. The van der Waals surface area contributed by atoms with Gasteiger partial charge in [-0.15, -0.1) is 0 Å². The van der Waals surface area contributed by atoms with Crippen LogP contribution in [-0.4, -0.2) is 23.8 Å². The highest BCUT2D eigenvalue weighted by Gasteiger charge is 2.27. The summed E-state index contributed by atoms with van der Waals surface area (Å²) in [5.41, 5.74) is -1.20. The van der Waals surface area contributed by atoms with Gasteiger partial charge in [-0.25, -0.2) is 9.18 Å². The van der Waals surface area contributed by atoms with Crippen molar-refractivity contribution in [3.05, 3.63) is 29.6 Å². The second-order valence-electron chi connectivity index (χ2n) is 2.94. The molecule has 0 aliphatic rings. The molecule has 1 aromatic carbocycles. The summed E-state index contributed by atoms with van der Waals surface area (Å²) in [5.74, 6) is -2.71. The molecular formula is C9H7F4NO2. The second-order valence-corrected chi connectivity index (χ2v) is 2.94. The zero-order valence-electron chi connectivity index (χ0n) is 7.81. The number of aromatic carboxylic acids is 1. The van der Waals surface area contributed by atoms with E-state index in [-0.39, 0.29) is 0 Å². The van der Waals surface area contributed by atoms with Crippen LogP contribution in [0.5, 0.6) is 0 Å². The largest absolute Gasteiger partial charge is 0.478 e. The molecule has 3 nitrogen and oxygen atoms in total. The van der Waals surface area contributed by atoms with Crippen molar-refractivity contribution < 1.29 is 27.5 Å². The lowest BCUT2D eigenvalue weighted by molar-refractivity contribution is -0.115. The minimum Gasteiger partial charge on any atom is -0.478 e. The lowest BCUT2D eigenvalue weighted by Crippen LogP contribution is -2.22. The van der Waals surface area contributed by atoms with E-state index in [2.05, 4.69) is 0 Å². The highest BCUT2D eigenvalue weighted by atomic mass is 19.4. The Morgan fingerprint density at radius 1 is 1.38 bits per heavy atom. The van der Waals surface area contributed by atoms with Crippen LogP contribution in [0.2, 0.25) is 0 Å². The molecule has 2 N–H and O–H groups in total. The Bertz CT molecular complexity index is 403. The summed E-state index contributed by atoms with van der Waals surface area (Å²) in [7, 11) is 0. The Labute approximate surface area is 87.7 Å². The maximum absolute atomic E-state index is 13.0. The van der Waals surface area contributed by atoms with Gasteiger partial charge < -0.3 is 10.4 Å². The first-order valence-electron chi connectivity index (χ1n) is 4.13. The van der Waals surface area contributed by atoms with Gasteiger partial charge in [0.05, 0.1) is 5.69 Å². The van der Waals surface area contributed by atoms with Gasteiger partial charge in [0, 0.05) is 0 Å². The fourth-order valence-corrected chi connectivity index (χ4v) is 1.08. The van der Waals surface area contributed by atoms with Gasteiger partial charge in [-0.1, -0.05) is 6.07 Å². The second kappa shape index (κ2) is 4.38. The first-order chi connectivity index (χ1) is 7.31. The zero-order valence-corrected chi connectivity index (χ0v) is 7.81. The molecule has 0 atom stereocenters. The number of anilines is 1. The smallest absolute Gasteiger partial charge is 0.405 e. The molecule has 0 radical (unpaired) electrons. The summed E-state index contributed by atoms with van der Waals surface area (Å²) >= 11 is 0. The molecule has 1 aromatic rings. The lowest BCUT2D eigenvalue weighted by Gasteiger charge is -2.11. The van der Waals surface area contributed by atoms with E-state index in [9.17, 15) is 22.4 Å². The molecule has 88 valence electrons. The highest BCUT2D eigenvalue weighted by Crippen LogP contribution is 2.21. The van der Waals surface area contributed by atoms with E-state index in [1.54, 1.807) is 0 Å². The van der Waals surface area contributed by atoms with Crippen LogP contribution in [0.15, 0.2) is 18.2 Å². The van der Waals surface area contributed by atoms with Gasteiger partial charge in [0.2, 0.25) is 0 Å². The van der Waals surface area contributed by atoms with Crippen molar-refractivity contribution in [2.24, 2.45) is 0 Å². The number of carboxylic acid groups (broad SMARTS) is 1. The number of carbonyl (C=O) groups is 1. The number of nitrogens with one attached hydrogen (secondary N) is 1. The monoisotopic (exact) mass is 237 g/mol. The molecule has 0 bridgehead atoms. The zero-order chi connectivity index (χ0) is 12.3. The van der Waals surface area contributed by atoms with Crippen molar-refractivity contribution in [1.29, 1.82) is 0 Å². The van der Waals surface area contributed by atoms with E-state index < -0.39 is 35.8 Å². The molecule has 0 heterocycles. The fraction of sp³-hybridized carbons (Fsp3) is 0.222. The number of alkyl halides is 3. The third-order valence-corrected chi connectivity index (χ3v) is 1.71. The number of benzene rings is 1. The van der Waals surface area contributed by atoms with Gasteiger partial charge in [0.15, 0.2) is 0 Å². The van der Waals surface area contributed by atoms with E-state index in [0.29, 0.717) is 0 Å². The molecule has 0 saturated heterocycles. The van der Waals surface area contributed by atoms with Crippen LogP contribution < -0.4 is 5.32 Å². The molecule has 0 aliphatic heterocycles. The Balaban J connectivity index is 2.96. The van der Waals surface area contributed by atoms with Crippen molar-refractivity contribution in [3.8, 4) is 0 Å². The standard InChI is InChI=1S/C9H7F4NO2/c10-5-2-1-3-6(7(5)8(15)16)14-4-9(11,12)13/h1-3,14H,4H2,(H,15,16). The van der Waals surface area contributed by atoms with Gasteiger partial charge in [0.25, 0.3) is 0 Å². The van der Waals surface area contributed by atoms with Crippen LogP contribution in [0.1, 0.15) is 10.4 Å². The third kappa shape index (κ3) is 3.11. The first kappa shape index (κ1) is 12.3. The average molecular weight is 237 g/mol. The number of carboxylic acids is 1. The Hall–Kier alpha value is -1.79. The van der Waals surface area contributed by atoms with Gasteiger partial charge in [-0.2, -0.15) is 13.2 Å². The predicted molar refractivity (Wildman–Crippen MR) is 47.9 cm³/mol. The quantitative estimate of drug-likeness (QED) is 0.794. The molecule has 1 rings (SSSR count). The SMILES string of the molecule is O=C(O)c1c(F)cccc1NCC(F)(F)F. The highest BCUT2D eigenvalue weighted by molar-refractivity contribution is 5.94. The minimum atomic E-state index is -4.50. The van der Waals surface area contributed by atoms with Crippen LogP contribution in [-0.2, 0) is 0 Å². The van der Waals surface area contributed by atoms with E-state index >= 15 is 0 Å². The molecule has 0 aromatic heterocycles. The van der Waals surface area contributed by atoms with Crippen molar-refractivity contribution in [2.75, 3.05) is 11.9 Å². The van der Waals surface area contributed by atoms with Crippen molar-refractivity contribution >= 4 is 11.7 Å². The first-order valence-corrected chi connectivity index (χ1v) is 4.13.